The Morgan fingerprint density at radius 1 is 1.25 bits per heavy atom. The van der Waals surface area contributed by atoms with Crippen LogP contribution in [-0.2, 0) is 11.3 Å². The average Bonchev–Trinajstić information content (AvgIpc) is 2.42. The highest BCUT2D eigenvalue weighted by Crippen LogP contribution is 2.22. The van der Waals surface area contributed by atoms with Crippen LogP contribution < -0.4 is 5.11 Å². The van der Waals surface area contributed by atoms with Crippen molar-refractivity contribution in [1.82, 2.24) is 4.90 Å². The van der Waals surface area contributed by atoms with Crippen LogP contribution in [0.5, 0.6) is 0 Å². The fourth-order valence-electron chi connectivity index (χ4n) is 2.09. The van der Waals surface area contributed by atoms with Gasteiger partial charge in [-0.05, 0) is 11.6 Å². The van der Waals surface area contributed by atoms with Crippen LogP contribution in [0.4, 0.5) is 0 Å². The third kappa shape index (κ3) is 3.33. The molecule has 1 aromatic carbocycles. The second-order valence-corrected chi connectivity index (χ2v) is 4.59. The predicted octanol–water partition coefficient (Wildman–Crippen LogP) is -0.447. The van der Waals surface area contributed by atoms with Crippen molar-refractivity contribution in [2.75, 3.05) is 13.2 Å². The number of allylic oxidation sites excluding steroid dienone is 2. The highest BCUT2D eigenvalue weighted by molar-refractivity contribution is 6.01. The second kappa shape index (κ2) is 6.00. The number of aliphatic hydroxyl groups is 2. The number of aliphatic hydroxyl groups excluding tert-OH is 1. The molecule has 1 aliphatic rings. The minimum atomic E-state index is -2.45. The average molecular weight is 274 g/mol. The van der Waals surface area contributed by atoms with Gasteiger partial charge < -0.3 is 20.2 Å². The Bertz CT molecular complexity index is 534. The minimum absolute atomic E-state index is 0.0390. The molecule has 0 saturated heterocycles. The van der Waals surface area contributed by atoms with Gasteiger partial charge in [-0.3, -0.25) is 4.79 Å². The smallest absolute Gasteiger partial charge is 0.180 e. The van der Waals surface area contributed by atoms with Crippen LogP contribution in [0.25, 0.3) is 0 Å². The molecule has 0 aromatic heterocycles. The second-order valence-electron chi connectivity index (χ2n) is 4.59. The van der Waals surface area contributed by atoms with Crippen LogP contribution in [0, 0.1) is 0 Å². The summed E-state index contributed by atoms with van der Waals surface area (Å²) in [5.41, 5.74) is 0.877. The molecule has 0 radical (unpaired) electrons. The quantitative estimate of drug-likeness (QED) is 0.711. The first-order valence-electron chi connectivity index (χ1n) is 6.31. The number of ketones is 1. The summed E-state index contributed by atoms with van der Waals surface area (Å²) in [5, 5.41) is 31.0. The summed E-state index contributed by atoms with van der Waals surface area (Å²) in [6, 6.07) is 9.33. The van der Waals surface area contributed by atoms with Gasteiger partial charge in [-0.2, -0.15) is 0 Å². The van der Waals surface area contributed by atoms with E-state index in [2.05, 4.69) is 0 Å². The summed E-state index contributed by atoms with van der Waals surface area (Å²) in [4.78, 5) is 12.9. The van der Waals surface area contributed by atoms with Crippen molar-refractivity contribution < 1.29 is 20.1 Å². The van der Waals surface area contributed by atoms with Crippen molar-refractivity contribution >= 4 is 5.78 Å². The van der Waals surface area contributed by atoms with E-state index in [-0.39, 0.29) is 24.6 Å². The Labute approximate surface area is 117 Å². The van der Waals surface area contributed by atoms with Crippen LogP contribution >= 0.6 is 0 Å². The van der Waals surface area contributed by atoms with Crippen molar-refractivity contribution in [3.8, 4) is 0 Å². The molecule has 0 amide bonds. The van der Waals surface area contributed by atoms with Crippen molar-refractivity contribution in [2.45, 2.75) is 12.3 Å². The van der Waals surface area contributed by atoms with E-state index in [1.807, 2.05) is 30.3 Å². The zero-order valence-corrected chi connectivity index (χ0v) is 10.9. The third-order valence-corrected chi connectivity index (χ3v) is 3.05. The van der Waals surface area contributed by atoms with Gasteiger partial charge in [0.05, 0.1) is 12.4 Å². The molecular formula is C15H16NO4-. The highest BCUT2D eigenvalue weighted by atomic mass is 16.5. The summed E-state index contributed by atoms with van der Waals surface area (Å²) in [7, 11) is 0. The van der Waals surface area contributed by atoms with Gasteiger partial charge in [0.1, 0.15) is 0 Å². The molecule has 5 heteroatoms. The maximum Gasteiger partial charge on any atom is 0.180 e. The molecule has 1 unspecified atom stereocenters. The summed E-state index contributed by atoms with van der Waals surface area (Å²) in [6.07, 6.45) is 3.10. The first-order chi connectivity index (χ1) is 9.53. The highest BCUT2D eigenvalue weighted by Gasteiger charge is 2.25. The fourth-order valence-corrected chi connectivity index (χ4v) is 2.09. The Morgan fingerprint density at radius 3 is 2.60 bits per heavy atom. The summed E-state index contributed by atoms with van der Waals surface area (Å²) in [5.74, 6) is -2.80. The summed E-state index contributed by atoms with van der Waals surface area (Å²) >= 11 is 0. The van der Waals surface area contributed by atoms with E-state index < -0.39 is 5.79 Å². The topological polar surface area (TPSA) is 83.8 Å². The maximum atomic E-state index is 12.0. The molecule has 106 valence electrons. The Balaban J connectivity index is 2.26. The molecule has 0 aliphatic heterocycles. The standard InChI is InChI=1S/C15H16NO4/c17-9-8-16(11-12-4-2-1-3-5-12)14-10-13(18)6-7-15(14,19)20/h1-7,10,17,19H,8-9,11H2/q-1. The van der Waals surface area contributed by atoms with E-state index >= 15 is 0 Å². The zero-order chi connectivity index (χ0) is 14.6. The van der Waals surface area contributed by atoms with Crippen LogP contribution in [-0.4, -0.2) is 39.8 Å². The molecular weight excluding hydrogens is 258 g/mol. The minimum Gasteiger partial charge on any atom is -0.821 e. The number of rotatable bonds is 5. The van der Waals surface area contributed by atoms with E-state index in [4.69, 9.17) is 5.11 Å². The molecule has 0 spiro atoms. The van der Waals surface area contributed by atoms with E-state index in [1.54, 1.807) is 0 Å². The number of benzene rings is 1. The first-order valence-corrected chi connectivity index (χ1v) is 6.31. The number of carbonyl (C=O) groups is 1. The van der Waals surface area contributed by atoms with Gasteiger partial charge in [-0.25, -0.2) is 0 Å². The van der Waals surface area contributed by atoms with Gasteiger partial charge in [-0.15, -0.1) is 0 Å². The molecule has 2 rings (SSSR count). The molecule has 0 bridgehead atoms. The largest absolute Gasteiger partial charge is 0.821 e. The lowest BCUT2D eigenvalue weighted by atomic mass is 10.0. The van der Waals surface area contributed by atoms with Gasteiger partial charge in [-0.1, -0.05) is 36.4 Å². The Morgan fingerprint density at radius 2 is 1.95 bits per heavy atom. The summed E-state index contributed by atoms with van der Waals surface area (Å²) < 4.78 is 0. The van der Waals surface area contributed by atoms with E-state index in [9.17, 15) is 15.0 Å². The van der Waals surface area contributed by atoms with E-state index in [1.165, 1.54) is 4.90 Å². The summed E-state index contributed by atoms with van der Waals surface area (Å²) in [6.45, 7) is 0.309. The van der Waals surface area contributed by atoms with Gasteiger partial charge in [0.25, 0.3) is 0 Å². The maximum absolute atomic E-state index is 12.0. The van der Waals surface area contributed by atoms with Crippen molar-refractivity contribution in [2.24, 2.45) is 0 Å². The molecule has 2 N–H and O–H groups in total. The van der Waals surface area contributed by atoms with Gasteiger partial charge in [0, 0.05) is 24.9 Å². The number of hydrogen-bond donors (Lipinski definition) is 2. The first kappa shape index (κ1) is 14.5. The fraction of sp³-hybridized carbons (Fsp3) is 0.267. The lowest BCUT2D eigenvalue weighted by molar-refractivity contribution is -0.515. The molecule has 0 saturated carbocycles. The van der Waals surface area contributed by atoms with Gasteiger partial charge in [0.15, 0.2) is 5.78 Å². The van der Waals surface area contributed by atoms with Crippen LogP contribution in [0.1, 0.15) is 5.56 Å². The SMILES string of the molecule is O=C1C=CC([O-])(O)C(N(CCO)Cc2ccccc2)=C1. The molecule has 20 heavy (non-hydrogen) atoms. The normalized spacial score (nSPS) is 21.8. The molecule has 1 atom stereocenters. The number of nitrogens with zero attached hydrogens (tertiary/aromatic N) is 1. The zero-order valence-electron chi connectivity index (χ0n) is 10.9. The van der Waals surface area contributed by atoms with Crippen molar-refractivity contribution in [1.29, 1.82) is 0 Å². The number of carbonyl (C=O) groups excluding carboxylic acids is 1. The lowest BCUT2D eigenvalue weighted by Gasteiger charge is -2.42. The Hall–Kier alpha value is -1.95. The van der Waals surface area contributed by atoms with Crippen LogP contribution in [0.15, 0.2) is 54.3 Å². The van der Waals surface area contributed by atoms with E-state index in [0.29, 0.717) is 6.54 Å². The van der Waals surface area contributed by atoms with Crippen molar-refractivity contribution in [3.05, 3.63) is 59.8 Å². The molecule has 0 fully saturated rings. The predicted molar refractivity (Wildman–Crippen MR) is 71.1 cm³/mol. The monoisotopic (exact) mass is 274 g/mol. The van der Waals surface area contributed by atoms with Gasteiger partial charge in [0.2, 0.25) is 0 Å². The number of hydrogen-bond acceptors (Lipinski definition) is 5. The van der Waals surface area contributed by atoms with Crippen LogP contribution in [0.3, 0.4) is 0 Å². The Kier molecular flexibility index (Phi) is 4.34. The molecule has 1 aromatic rings. The third-order valence-electron chi connectivity index (χ3n) is 3.05. The molecule has 0 heterocycles. The van der Waals surface area contributed by atoms with E-state index in [0.717, 1.165) is 23.8 Å². The lowest BCUT2D eigenvalue weighted by Crippen LogP contribution is -2.51. The molecule has 1 aliphatic carbocycles. The van der Waals surface area contributed by atoms with Crippen LogP contribution in [0.2, 0.25) is 0 Å². The van der Waals surface area contributed by atoms with Gasteiger partial charge >= 0.3 is 0 Å². The molecule has 5 nitrogen and oxygen atoms in total. The van der Waals surface area contributed by atoms with Crippen molar-refractivity contribution in [3.63, 3.8) is 0 Å².